The molecular formula is C25H20F3N2NaO2. The third-order valence-electron chi connectivity index (χ3n) is 5.31. The van der Waals surface area contributed by atoms with Gasteiger partial charge in [0.25, 0.3) is 0 Å². The van der Waals surface area contributed by atoms with Gasteiger partial charge in [0.1, 0.15) is 6.17 Å². The molecule has 0 saturated heterocycles. The number of rotatable bonds is 7. The molecule has 0 aliphatic carbocycles. The standard InChI is InChI=1S/C25H21F3N2O2.Na/c26-25(27,28)20-10-6-7-17(13-20)15-29-24(18-8-2-1-3-9-18)30-16-19(14-23(31)32)21-11-4-5-12-22(21)30;/h1-13,16,24,29H,14-15H2,(H,31,32);/q;+1/p-1. The number of nitrogens with zero attached hydrogens (tertiary/aromatic N) is 1. The maximum Gasteiger partial charge on any atom is 1.00 e. The van der Waals surface area contributed by atoms with Gasteiger partial charge < -0.3 is 14.5 Å². The molecule has 1 aromatic heterocycles. The molecule has 3 aromatic carbocycles. The molecule has 0 amide bonds. The molecule has 1 atom stereocenters. The van der Waals surface area contributed by atoms with E-state index < -0.39 is 23.9 Å². The number of carbonyl (C=O) groups excluding carboxylic acids is 1. The van der Waals surface area contributed by atoms with Gasteiger partial charge in [0, 0.05) is 36.0 Å². The van der Waals surface area contributed by atoms with Crippen molar-refractivity contribution in [3.05, 3.63) is 107 Å². The van der Waals surface area contributed by atoms with Crippen molar-refractivity contribution in [2.75, 3.05) is 0 Å². The molecular weight excluding hydrogens is 440 g/mol. The maximum atomic E-state index is 13.1. The monoisotopic (exact) mass is 460 g/mol. The Morgan fingerprint density at radius 1 is 0.970 bits per heavy atom. The van der Waals surface area contributed by atoms with E-state index in [1.807, 2.05) is 59.2 Å². The van der Waals surface area contributed by atoms with Crippen LogP contribution in [0.1, 0.15) is 28.4 Å². The van der Waals surface area contributed by atoms with Gasteiger partial charge in [-0.15, -0.1) is 0 Å². The van der Waals surface area contributed by atoms with Crippen LogP contribution in [0.4, 0.5) is 13.2 Å². The zero-order valence-corrected chi connectivity index (χ0v) is 20.0. The summed E-state index contributed by atoms with van der Waals surface area (Å²) in [6, 6.07) is 22.1. The van der Waals surface area contributed by atoms with Crippen LogP contribution in [0.3, 0.4) is 0 Å². The van der Waals surface area contributed by atoms with Crippen LogP contribution >= 0.6 is 0 Å². The van der Waals surface area contributed by atoms with Crippen molar-refractivity contribution in [3.8, 4) is 0 Å². The summed E-state index contributed by atoms with van der Waals surface area (Å²) in [6.45, 7) is 0.186. The van der Waals surface area contributed by atoms with Crippen LogP contribution in [0.25, 0.3) is 10.9 Å². The minimum absolute atomic E-state index is 0. The fourth-order valence-corrected chi connectivity index (χ4v) is 3.87. The molecule has 4 rings (SSSR count). The number of carboxylic acids is 1. The Balaban J connectivity index is 0.00000306. The van der Waals surface area contributed by atoms with E-state index in [1.165, 1.54) is 6.07 Å². The van der Waals surface area contributed by atoms with E-state index >= 15 is 0 Å². The van der Waals surface area contributed by atoms with Crippen LogP contribution < -0.4 is 40.0 Å². The van der Waals surface area contributed by atoms with E-state index in [1.54, 1.807) is 12.3 Å². The molecule has 164 valence electrons. The van der Waals surface area contributed by atoms with Crippen LogP contribution in [0.2, 0.25) is 0 Å². The first-order valence-electron chi connectivity index (χ1n) is 10.1. The first-order valence-corrected chi connectivity index (χ1v) is 10.1. The smallest absolute Gasteiger partial charge is 0.550 e. The molecule has 0 spiro atoms. The van der Waals surface area contributed by atoms with Crippen molar-refractivity contribution in [3.63, 3.8) is 0 Å². The Labute approximate surface area is 211 Å². The quantitative estimate of drug-likeness (QED) is 0.423. The number of para-hydroxylation sites is 1. The number of aromatic nitrogens is 1. The maximum absolute atomic E-state index is 13.1. The Hall–Kier alpha value is -2.58. The van der Waals surface area contributed by atoms with E-state index in [0.717, 1.165) is 28.6 Å². The summed E-state index contributed by atoms with van der Waals surface area (Å²) in [5.74, 6) is -1.18. The van der Waals surface area contributed by atoms with Crippen molar-refractivity contribution in [2.24, 2.45) is 0 Å². The minimum Gasteiger partial charge on any atom is -0.550 e. The third-order valence-corrected chi connectivity index (χ3v) is 5.31. The summed E-state index contributed by atoms with van der Waals surface area (Å²) in [6.07, 6.45) is -3.31. The molecule has 4 nitrogen and oxygen atoms in total. The van der Waals surface area contributed by atoms with Crippen LogP contribution in [-0.4, -0.2) is 10.5 Å². The number of carboxylic acid groups (broad SMARTS) is 1. The minimum atomic E-state index is -4.41. The molecule has 1 heterocycles. The Bertz CT molecular complexity index is 1240. The van der Waals surface area contributed by atoms with Gasteiger partial charge in [-0.1, -0.05) is 66.7 Å². The van der Waals surface area contributed by atoms with Crippen molar-refractivity contribution in [1.82, 2.24) is 9.88 Å². The van der Waals surface area contributed by atoms with E-state index in [9.17, 15) is 23.1 Å². The van der Waals surface area contributed by atoms with Gasteiger partial charge in [-0.2, -0.15) is 13.2 Å². The molecule has 0 fully saturated rings. The number of carbonyl (C=O) groups is 1. The Kier molecular flexibility index (Phi) is 8.02. The van der Waals surface area contributed by atoms with Crippen molar-refractivity contribution in [2.45, 2.75) is 25.3 Å². The number of hydrogen-bond donors (Lipinski definition) is 1. The number of fused-ring (bicyclic) bond motifs is 1. The Morgan fingerprint density at radius 3 is 2.36 bits per heavy atom. The third kappa shape index (κ3) is 5.86. The van der Waals surface area contributed by atoms with Gasteiger partial charge in [-0.3, -0.25) is 5.32 Å². The van der Waals surface area contributed by atoms with E-state index in [4.69, 9.17) is 0 Å². The summed E-state index contributed by atoms with van der Waals surface area (Å²) < 4.78 is 41.2. The zero-order valence-electron chi connectivity index (χ0n) is 18.0. The van der Waals surface area contributed by atoms with Gasteiger partial charge in [0.05, 0.1) is 5.56 Å². The largest absolute Gasteiger partial charge is 1.00 e. The fourth-order valence-electron chi connectivity index (χ4n) is 3.87. The Morgan fingerprint density at radius 2 is 1.67 bits per heavy atom. The molecule has 0 radical (unpaired) electrons. The molecule has 0 bridgehead atoms. The normalized spacial score (nSPS) is 12.3. The summed E-state index contributed by atoms with van der Waals surface area (Å²) in [4.78, 5) is 11.3. The number of halogens is 3. The van der Waals surface area contributed by atoms with Crippen molar-refractivity contribution in [1.29, 1.82) is 0 Å². The number of alkyl halides is 3. The first kappa shape index (κ1) is 25.1. The average Bonchev–Trinajstić information content (AvgIpc) is 3.12. The van der Waals surface area contributed by atoms with Crippen molar-refractivity contribution >= 4 is 16.9 Å². The van der Waals surface area contributed by atoms with Gasteiger partial charge >= 0.3 is 35.7 Å². The fraction of sp³-hybridized carbons (Fsp3) is 0.160. The van der Waals surface area contributed by atoms with Gasteiger partial charge in [-0.25, -0.2) is 0 Å². The molecule has 33 heavy (non-hydrogen) atoms. The second-order valence-electron chi connectivity index (χ2n) is 7.52. The van der Waals surface area contributed by atoms with Gasteiger partial charge in [0.2, 0.25) is 0 Å². The topological polar surface area (TPSA) is 57.1 Å². The summed E-state index contributed by atoms with van der Waals surface area (Å²) in [5, 5.41) is 15.4. The average molecular weight is 460 g/mol. The molecule has 4 aromatic rings. The van der Waals surface area contributed by atoms with E-state index in [2.05, 4.69) is 5.32 Å². The predicted octanol–water partition coefficient (Wildman–Crippen LogP) is 1.29. The number of benzene rings is 3. The summed E-state index contributed by atoms with van der Waals surface area (Å²) in [7, 11) is 0. The predicted molar refractivity (Wildman–Crippen MR) is 114 cm³/mol. The molecule has 0 aliphatic heterocycles. The van der Waals surface area contributed by atoms with Gasteiger partial charge in [-0.05, 0) is 28.8 Å². The second-order valence-corrected chi connectivity index (χ2v) is 7.52. The molecule has 1 unspecified atom stereocenters. The molecule has 0 aliphatic rings. The van der Waals surface area contributed by atoms with Crippen LogP contribution in [-0.2, 0) is 23.9 Å². The number of hydrogen-bond acceptors (Lipinski definition) is 3. The van der Waals surface area contributed by atoms with E-state index in [0.29, 0.717) is 11.1 Å². The zero-order chi connectivity index (χ0) is 22.7. The van der Waals surface area contributed by atoms with Crippen LogP contribution in [0, 0.1) is 0 Å². The molecule has 1 N–H and O–H groups in total. The second kappa shape index (κ2) is 10.6. The number of aliphatic carboxylic acids is 1. The van der Waals surface area contributed by atoms with Crippen LogP contribution in [0.15, 0.2) is 85.1 Å². The van der Waals surface area contributed by atoms with Crippen LogP contribution in [0.5, 0.6) is 0 Å². The van der Waals surface area contributed by atoms with Crippen molar-refractivity contribution < 1.29 is 52.6 Å². The summed E-state index contributed by atoms with van der Waals surface area (Å²) >= 11 is 0. The van der Waals surface area contributed by atoms with Gasteiger partial charge in [0.15, 0.2) is 0 Å². The molecule has 0 saturated carbocycles. The first-order chi connectivity index (χ1) is 15.3. The molecule has 8 heteroatoms. The summed E-state index contributed by atoms with van der Waals surface area (Å²) in [5.41, 5.74) is 2.11. The number of nitrogens with one attached hydrogen (secondary N) is 1. The SMILES string of the molecule is O=C([O-])Cc1cn(C(NCc2cccc(C(F)(F)F)c2)c2ccccc2)c2ccccc12.[Na+]. The van der Waals surface area contributed by atoms with E-state index in [-0.39, 0.29) is 42.5 Å².